The Bertz CT molecular complexity index is 1440. The van der Waals surface area contributed by atoms with Gasteiger partial charge in [0.1, 0.15) is 11.5 Å². The minimum Gasteiger partial charge on any atom is -0.506 e. The van der Waals surface area contributed by atoms with Gasteiger partial charge in [0.25, 0.3) is 0 Å². The van der Waals surface area contributed by atoms with Crippen LogP contribution in [0.5, 0.6) is 11.5 Å². The molecule has 3 aromatic carbocycles. The number of carbonyl (C=O) groups excluding carboxylic acids is 1. The number of hydrogen-bond acceptors (Lipinski definition) is 5. The fraction of sp³-hybridized carbons (Fsp3) is 0.394. The maximum atomic E-state index is 13.6. The van der Waals surface area contributed by atoms with E-state index >= 15 is 0 Å². The van der Waals surface area contributed by atoms with Gasteiger partial charge in [-0.3, -0.25) is 0 Å². The van der Waals surface area contributed by atoms with Gasteiger partial charge in [-0.2, -0.15) is 0 Å². The Balaban J connectivity index is 2.22. The number of carboxylic acids is 1. The van der Waals surface area contributed by atoms with E-state index in [1.165, 1.54) is 6.07 Å². The number of carboxylic acid groups (broad SMARTS) is 1. The summed E-state index contributed by atoms with van der Waals surface area (Å²) >= 11 is 7.28. The molecule has 218 valence electrons. The zero-order valence-corrected chi connectivity index (χ0v) is 27.0. The lowest BCUT2D eigenvalue weighted by Gasteiger charge is -2.34. The van der Waals surface area contributed by atoms with Crippen molar-refractivity contribution in [2.24, 2.45) is 0 Å². The predicted octanol–water partition coefficient (Wildman–Crippen LogP) is 8.59. The fourth-order valence-corrected chi connectivity index (χ4v) is 7.39. The second-order valence-electron chi connectivity index (χ2n) is 10.6. The molecule has 8 heteroatoms. The molecule has 0 spiro atoms. The van der Waals surface area contributed by atoms with Crippen molar-refractivity contribution in [3.05, 3.63) is 89.3 Å². The molecule has 0 aromatic heterocycles. The highest BCUT2D eigenvalue weighted by Crippen LogP contribution is 2.56. The Morgan fingerprint density at radius 2 is 1.24 bits per heavy atom. The first-order chi connectivity index (χ1) is 19.6. The molecule has 1 aliphatic heterocycles. The molecule has 4 rings (SSSR count). The molecule has 3 aromatic rings. The van der Waals surface area contributed by atoms with Crippen LogP contribution in [0.2, 0.25) is 0 Å². The second kappa shape index (κ2) is 12.6. The summed E-state index contributed by atoms with van der Waals surface area (Å²) in [6.07, 6.45) is 6.35. The van der Waals surface area contributed by atoms with Crippen LogP contribution >= 0.6 is 31.9 Å². The Kier molecular flexibility index (Phi) is 9.54. The van der Waals surface area contributed by atoms with Gasteiger partial charge < -0.3 is 20.1 Å². The number of benzene rings is 3. The fourth-order valence-electron chi connectivity index (χ4n) is 6.06. The molecule has 0 fully saturated rings. The first-order valence-electron chi connectivity index (χ1n) is 14.3. The monoisotopic (exact) mass is 686 g/mol. The summed E-state index contributed by atoms with van der Waals surface area (Å²) in [5.41, 5.74) is 2.67. The number of halogens is 2. The van der Waals surface area contributed by atoms with Gasteiger partial charge in [0.05, 0.1) is 20.1 Å². The van der Waals surface area contributed by atoms with Crippen molar-refractivity contribution >= 4 is 43.8 Å². The van der Waals surface area contributed by atoms with Gasteiger partial charge in [0, 0.05) is 16.7 Å². The predicted molar refractivity (Wildman–Crippen MR) is 166 cm³/mol. The number of cyclic esters (lactones) is 1. The summed E-state index contributed by atoms with van der Waals surface area (Å²) in [7, 11) is 0. The highest BCUT2D eigenvalue weighted by molar-refractivity contribution is 9.11. The van der Waals surface area contributed by atoms with Gasteiger partial charge in [0.2, 0.25) is 0 Å². The van der Waals surface area contributed by atoms with Crippen LogP contribution in [0.1, 0.15) is 113 Å². The van der Waals surface area contributed by atoms with Crippen molar-refractivity contribution in [3.63, 3.8) is 0 Å². The molecule has 0 unspecified atom stereocenters. The molecule has 1 aliphatic rings. The molecule has 0 saturated carbocycles. The number of rotatable bonds is 11. The van der Waals surface area contributed by atoms with Gasteiger partial charge in [-0.1, -0.05) is 65.5 Å². The molecule has 0 amide bonds. The summed E-state index contributed by atoms with van der Waals surface area (Å²) in [6, 6.07) is 8.29. The highest BCUT2D eigenvalue weighted by Gasteiger charge is 2.53. The lowest BCUT2D eigenvalue weighted by molar-refractivity contribution is 0.0236. The van der Waals surface area contributed by atoms with E-state index in [1.54, 1.807) is 12.1 Å². The molecule has 0 aliphatic carbocycles. The molecule has 0 saturated heterocycles. The molecular formula is C33H36Br2O6. The summed E-state index contributed by atoms with van der Waals surface area (Å²) in [5, 5.41) is 33.6. The van der Waals surface area contributed by atoms with E-state index in [0.717, 1.165) is 73.6 Å². The van der Waals surface area contributed by atoms with Crippen molar-refractivity contribution in [1.29, 1.82) is 0 Å². The van der Waals surface area contributed by atoms with Crippen LogP contribution in [0.3, 0.4) is 0 Å². The van der Waals surface area contributed by atoms with Crippen LogP contribution in [-0.2, 0) is 36.0 Å². The van der Waals surface area contributed by atoms with E-state index < -0.39 is 17.5 Å². The summed E-state index contributed by atoms with van der Waals surface area (Å²) in [5.74, 6) is -2.31. The van der Waals surface area contributed by atoms with Gasteiger partial charge in [-0.25, -0.2) is 9.59 Å². The lowest BCUT2D eigenvalue weighted by atomic mass is 9.76. The van der Waals surface area contributed by atoms with Crippen molar-refractivity contribution in [2.75, 3.05) is 0 Å². The average Bonchev–Trinajstić information content (AvgIpc) is 3.25. The number of aryl methyl sites for hydroxylation is 2. The minimum atomic E-state index is -1.79. The standard InChI is InChI=1S/C33H36Br2O6/c1-5-10-18-16-24(29(36)27(34)20(18)12-7-3)33(23-15-9-14-22(31(38)39)26(23)32(40)41-33)25-17-19(11-6-2)21(13-8-4)28(35)30(25)37/h9,14-17,36-37H,5-8,10-13H2,1-4H3,(H,38,39). The molecule has 0 atom stereocenters. The van der Waals surface area contributed by atoms with Crippen LogP contribution in [0, 0.1) is 0 Å². The van der Waals surface area contributed by atoms with Crippen LogP contribution in [0.4, 0.5) is 0 Å². The number of carbonyl (C=O) groups is 2. The summed E-state index contributed by atoms with van der Waals surface area (Å²) < 4.78 is 7.27. The number of phenols is 2. The number of phenolic OH excluding ortho intramolecular Hbond substituents is 2. The number of ether oxygens (including phenoxy) is 1. The lowest BCUT2D eigenvalue weighted by Crippen LogP contribution is -2.31. The van der Waals surface area contributed by atoms with Gasteiger partial charge in [0.15, 0.2) is 5.60 Å². The van der Waals surface area contributed by atoms with Gasteiger partial charge in [-0.05, 0) is 98.0 Å². The molecular weight excluding hydrogens is 652 g/mol. The topological polar surface area (TPSA) is 104 Å². The van der Waals surface area contributed by atoms with Gasteiger partial charge in [-0.15, -0.1) is 0 Å². The number of aromatic hydroxyl groups is 2. The Hall–Kier alpha value is -2.84. The van der Waals surface area contributed by atoms with Crippen LogP contribution < -0.4 is 0 Å². The van der Waals surface area contributed by atoms with E-state index in [9.17, 15) is 24.9 Å². The normalized spacial score (nSPS) is 13.8. The summed E-state index contributed by atoms with van der Waals surface area (Å²) in [4.78, 5) is 25.9. The van der Waals surface area contributed by atoms with Crippen molar-refractivity contribution in [2.45, 2.75) is 84.7 Å². The third-order valence-electron chi connectivity index (χ3n) is 7.79. The molecule has 0 radical (unpaired) electrons. The molecule has 41 heavy (non-hydrogen) atoms. The van der Waals surface area contributed by atoms with Crippen molar-refractivity contribution in [1.82, 2.24) is 0 Å². The van der Waals surface area contributed by atoms with Crippen LogP contribution in [0.25, 0.3) is 0 Å². The van der Waals surface area contributed by atoms with E-state index in [2.05, 4.69) is 59.6 Å². The Labute approximate surface area is 258 Å². The Morgan fingerprint density at radius 3 is 1.66 bits per heavy atom. The number of esters is 1. The zero-order chi connectivity index (χ0) is 30.1. The quantitative estimate of drug-likeness (QED) is 0.175. The molecule has 1 heterocycles. The van der Waals surface area contributed by atoms with E-state index in [1.807, 2.05) is 12.1 Å². The van der Waals surface area contributed by atoms with E-state index in [0.29, 0.717) is 8.95 Å². The van der Waals surface area contributed by atoms with Crippen molar-refractivity contribution < 1.29 is 29.6 Å². The first kappa shape index (κ1) is 31.1. The maximum absolute atomic E-state index is 13.6. The third-order valence-corrected chi connectivity index (χ3v) is 9.50. The van der Waals surface area contributed by atoms with E-state index in [4.69, 9.17) is 4.74 Å². The third kappa shape index (κ3) is 5.18. The second-order valence-corrected chi connectivity index (χ2v) is 12.1. The van der Waals surface area contributed by atoms with E-state index in [-0.39, 0.29) is 39.3 Å². The average molecular weight is 688 g/mol. The van der Waals surface area contributed by atoms with Gasteiger partial charge >= 0.3 is 11.9 Å². The number of fused-ring (bicyclic) bond motifs is 1. The number of aromatic carboxylic acids is 1. The molecule has 0 bridgehead atoms. The smallest absolute Gasteiger partial charge is 0.341 e. The largest absolute Gasteiger partial charge is 0.506 e. The summed E-state index contributed by atoms with van der Waals surface area (Å²) in [6.45, 7) is 8.28. The highest BCUT2D eigenvalue weighted by atomic mass is 79.9. The van der Waals surface area contributed by atoms with Crippen molar-refractivity contribution in [3.8, 4) is 11.5 Å². The molecule has 3 N–H and O–H groups in total. The number of hydrogen-bond donors (Lipinski definition) is 3. The maximum Gasteiger partial charge on any atom is 0.341 e. The van der Waals surface area contributed by atoms with Crippen LogP contribution in [-0.4, -0.2) is 27.3 Å². The van der Waals surface area contributed by atoms with Crippen LogP contribution in [0.15, 0.2) is 39.3 Å². The Morgan fingerprint density at radius 1 is 0.780 bits per heavy atom. The SMILES string of the molecule is CCCc1cc(C2(c3cc(CCC)c(CCC)c(Br)c3O)OC(=O)c3c(C(=O)O)cccc32)c(O)c(Br)c1CCC. The minimum absolute atomic E-state index is 0.0876. The first-order valence-corrected chi connectivity index (χ1v) is 15.8. The molecule has 6 nitrogen and oxygen atoms in total. The zero-order valence-electron chi connectivity index (χ0n) is 23.9.